The van der Waals surface area contributed by atoms with Crippen molar-refractivity contribution in [1.29, 1.82) is 0 Å². The highest BCUT2D eigenvalue weighted by atomic mass is 19.2. The number of fused-ring (bicyclic) bond motifs is 1. The van der Waals surface area contributed by atoms with E-state index in [9.17, 15) is 13.2 Å². The first-order valence-corrected chi connectivity index (χ1v) is 5.95. The second-order valence-electron chi connectivity index (χ2n) is 4.43. The van der Waals surface area contributed by atoms with Crippen LogP contribution in [-0.4, -0.2) is 0 Å². The molecular formula is C15H10F3NO. The molecule has 0 bridgehead atoms. The third-order valence-electron chi connectivity index (χ3n) is 3.14. The van der Waals surface area contributed by atoms with Gasteiger partial charge in [-0.3, -0.25) is 0 Å². The molecule has 1 unspecified atom stereocenters. The molecule has 3 rings (SSSR count). The van der Waals surface area contributed by atoms with Crippen molar-refractivity contribution in [2.75, 3.05) is 0 Å². The molecule has 0 saturated heterocycles. The Kier molecular flexibility index (Phi) is 2.99. The van der Waals surface area contributed by atoms with Crippen LogP contribution in [0.4, 0.5) is 13.2 Å². The Hall–Kier alpha value is -2.27. The van der Waals surface area contributed by atoms with Crippen LogP contribution in [0.15, 0.2) is 46.9 Å². The molecule has 0 fully saturated rings. The number of benzene rings is 2. The standard InChI is InChI=1S/C15H10F3NO/c16-10-5-2-4-9(13(10)18)14(19)12-7-8-3-1-6-11(17)15(8)20-12/h1-7,14H,19H2. The molecule has 0 saturated carbocycles. The van der Waals surface area contributed by atoms with Crippen molar-refractivity contribution in [3.05, 3.63) is 71.2 Å². The van der Waals surface area contributed by atoms with Crippen LogP contribution in [0.3, 0.4) is 0 Å². The fraction of sp³-hybridized carbons (Fsp3) is 0.0667. The van der Waals surface area contributed by atoms with E-state index in [1.54, 1.807) is 6.07 Å². The molecule has 0 spiro atoms. The van der Waals surface area contributed by atoms with Gasteiger partial charge in [-0.2, -0.15) is 0 Å². The van der Waals surface area contributed by atoms with Crippen LogP contribution >= 0.6 is 0 Å². The molecule has 5 heteroatoms. The molecule has 20 heavy (non-hydrogen) atoms. The van der Waals surface area contributed by atoms with Crippen LogP contribution in [0.1, 0.15) is 17.4 Å². The molecule has 2 nitrogen and oxygen atoms in total. The highest BCUT2D eigenvalue weighted by Gasteiger charge is 2.20. The van der Waals surface area contributed by atoms with Crippen LogP contribution in [-0.2, 0) is 0 Å². The zero-order chi connectivity index (χ0) is 14.3. The Bertz CT molecular complexity index is 782. The summed E-state index contributed by atoms with van der Waals surface area (Å²) in [6, 6.07) is 8.69. The molecule has 0 aliphatic rings. The minimum atomic E-state index is -1.03. The van der Waals surface area contributed by atoms with Crippen LogP contribution in [0.2, 0.25) is 0 Å². The largest absolute Gasteiger partial charge is 0.456 e. The molecule has 1 atom stereocenters. The third kappa shape index (κ3) is 1.96. The molecule has 2 N–H and O–H groups in total. The van der Waals surface area contributed by atoms with E-state index in [1.807, 2.05) is 0 Å². The van der Waals surface area contributed by atoms with Gasteiger partial charge < -0.3 is 10.2 Å². The molecule has 1 aromatic heterocycles. The van der Waals surface area contributed by atoms with Gasteiger partial charge in [0.25, 0.3) is 0 Å². The van der Waals surface area contributed by atoms with E-state index < -0.39 is 23.5 Å². The lowest BCUT2D eigenvalue weighted by molar-refractivity contribution is 0.470. The Balaban J connectivity index is 2.10. The summed E-state index contributed by atoms with van der Waals surface area (Å²) in [7, 11) is 0. The Morgan fingerprint density at radius 2 is 1.65 bits per heavy atom. The lowest BCUT2D eigenvalue weighted by atomic mass is 10.0. The van der Waals surface area contributed by atoms with E-state index in [-0.39, 0.29) is 16.9 Å². The molecule has 0 aliphatic heterocycles. The first kappa shape index (κ1) is 12.7. The Morgan fingerprint density at radius 3 is 2.40 bits per heavy atom. The van der Waals surface area contributed by atoms with Gasteiger partial charge in [0.05, 0.1) is 6.04 Å². The summed E-state index contributed by atoms with van der Waals surface area (Å²) in [6.45, 7) is 0. The van der Waals surface area contributed by atoms with E-state index in [4.69, 9.17) is 10.2 Å². The predicted molar refractivity (Wildman–Crippen MR) is 68.6 cm³/mol. The van der Waals surface area contributed by atoms with Gasteiger partial charge in [-0.15, -0.1) is 0 Å². The minimum absolute atomic E-state index is 0.0375. The van der Waals surface area contributed by atoms with Gasteiger partial charge in [-0.05, 0) is 18.2 Å². The minimum Gasteiger partial charge on any atom is -0.456 e. The van der Waals surface area contributed by atoms with Crippen molar-refractivity contribution in [3.63, 3.8) is 0 Å². The zero-order valence-corrected chi connectivity index (χ0v) is 10.2. The first-order chi connectivity index (χ1) is 9.58. The van der Waals surface area contributed by atoms with E-state index in [2.05, 4.69) is 0 Å². The molecule has 0 aliphatic carbocycles. The van der Waals surface area contributed by atoms with Crippen LogP contribution in [0.25, 0.3) is 11.0 Å². The molecule has 0 radical (unpaired) electrons. The van der Waals surface area contributed by atoms with Gasteiger partial charge in [0.15, 0.2) is 23.0 Å². The number of nitrogens with two attached hydrogens (primary N) is 1. The van der Waals surface area contributed by atoms with Gasteiger partial charge in [0.1, 0.15) is 5.76 Å². The smallest absolute Gasteiger partial charge is 0.169 e. The predicted octanol–water partition coefficient (Wildman–Crippen LogP) is 3.90. The van der Waals surface area contributed by atoms with Crippen LogP contribution in [0, 0.1) is 17.5 Å². The van der Waals surface area contributed by atoms with Crippen LogP contribution in [0.5, 0.6) is 0 Å². The Labute approximate surface area is 112 Å². The number of rotatable bonds is 2. The summed E-state index contributed by atoms with van der Waals surface area (Å²) in [5, 5.41) is 0.521. The number of furan rings is 1. The second-order valence-corrected chi connectivity index (χ2v) is 4.43. The topological polar surface area (TPSA) is 39.2 Å². The van der Waals surface area contributed by atoms with Crippen molar-refractivity contribution in [3.8, 4) is 0 Å². The maximum atomic E-state index is 13.7. The van der Waals surface area contributed by atoms with E-state index in [0.717, 1.165) is 6.07 Å². The average molecular weight is 277 g/mol. The van der Waals surface area contributed by atoms with Gasteiger partial charge in [-0.25, -0.2) is 13.2 Å². The third-order valence-corrected chi connectivity index (χ3v) is 3.14. The highest BCUT2D eigenvalue weighted by Crippen LogP contribution is 2.29. The average Bonchev–Trinajstić information content (AvgIpc) is 2.87. The van der Waals surface area contributed by atoms with Gasteiger partial charge in [-0.1, -0.05) is 24.3 Å². The van der Waals surface area contributed by atoms with Crippen molar-refractivity contribution in [2.24, 2.45) is 5.73 Å². The number of para-hydroxylation sites is 1. The van der Waals surface area contributed by atoms with Crippen molar-refractivity contribution < 1.29 is 17.6 Å². The van der Waals surface area contributed by atoms with Gasteiger partial charge in [0, 0.05) is 10.9 Å². The van der Waals surface area contributed by atoms with Crippen molar-refractivity contribution in [1.82, 2.24) is 0 Å². The highest BCUT2D eigenvalue weighted by molar-refractivity contribution is 5.78. The molecule has 3 aromatic rings. The molecule has 0 amide bonds. The summed E-state index contributed by atoms with van der Waals surface area (Å²) in [5.41, 5.74) is 5.89. The summed E-state index contributed by atoms with van der Waals surface area (Å²) < 4.78 is 45.8. The summed E-state index contributed by atoms with van der Waals surface area (Å²) in [6.07, 6.45) is 0. The van der Waals surface area contributed by atoms with E-state index in [1.165, 1.54) is 30.3 Å². The quantitative estimate of drug-likeness (QED) is 0.771. The lowest BCUT2D eigenvalue weighted by Crippen LogP contribution is -2.13. The number of hydrogen-bond donors (Lipinski definition) is 1. The van der Waals surface area contributed by atoms with E-state index >= 15 is 0 Å². The summed E-state index contributed by atoms with van der Waals surface area (Å²) in [4.78, 5) is 0. The monoisotopic (exact) mass is 277 g/mol. The maximum absolute atomic E-state index is 13.7. The second kappa shape index (κ2) is 4.68. The summed E-state index contributed by atoms with van der Waals surface area (Å²) >= 11 is 0. The van der Waals surface area contributed by atoms with Crippen LogP contribution < -0.4 is 5.73 Å². The van der Waals surface area contributed by atoms with Crippen molar-refractivity contribution >= 4 is 11.0 Å². The first-order valence-electron chi connectivity index (χ1n) is 5.95. The van der Waals surface area contributed by atoms with Gasteiger partial charge in [0.2, 0.25) is 0 Å². The molecule has 102 valence electrons. The molecular weight excluding hydrogens is 267 g/mol. The lowest BCUT2D eigenvalue weighted by Gasteiger charge is -2.10. The SMILES string of the molecule is NC(c1cc2cccc(F)c2o1)c1cccc(F)c1F. The fourth-order valence-corrected chi connectivity index (χ4v) is 2.11. The van der Waals surface area contributed by atoms with Crippen molar-refractivity contribution in [2.45, 2.75) is 6.04 Å². The van der Waals surface area contributed by atoms with E-state index in [0.29, 0.717) is 5.39 Å². The zero-order valence-electron chi connectivity index (χ0n) is 10.2. The molecule has 1 heterocycles. The van der Waals surface area contributed by atoms with Gasteiger partial charge >= 0.3 is 0 Å². The fourth-order valence-electron chi connectivity index (χ4n) is 2.11. The number of hydrogen-bond acceptors (Lipinski definition) is 2. The normalized spacial score (nSPS) is 12.8. The Morgan fingerprint density at radius 1 is 0.950 bits per heavy atom. The number of halogens is 3. The summed E-state index contributed by atoms with van der Waals surface area (Å²) in [5.74, 6) is -2.36. The molecule has 2 aromatic carbocycles. The maximum Gasteiger partial charge on any atom is 0.169 e.